The molecule has 2 heterocycles. The summed E-state index contributed by atoms with van der Waals surface area (Å²) in [6, 6.07) is 9.13. The maximum absolute atomic E-state index is 12.1. The molecular weight excluding hydrogens is 318 g/mol. The Labute approximate surface area is 134 Å². The molecule has 1 aliphatic heterocycles. The summed E-state index contributed by atoms with van der Waals surface area (Å²) in [7, 11) is -3.63. The second kappa shape index (κ2) is 6.49. The third-order valence-electron chi connectivity index (χ3n) is 3.65. The minimum atomic E-state index is -3.63. The molecule has 0 spiro atoms. The number of likely N-dealkylation sites (tertiary alicyclic amines) is 1. The highest BCUT2D eigenvalue weighted by molar-refractivity contribution is 7.91. The predicted octanol–water partition coefficient (Wildman–Crippen LogP) is 1.27. The van der Waals surface area contributed by atoms with Crippen LogP contribution in [0.5, 0.6) is 0 Å². The molecule has 1 aromatic carbocycles. The van der Waals surface area contributed by atoms with E-state index in [1.54, 1.807) is 17.0 Å². The number of amides is 1. The Bertz CT molecular complexity index is 780. The summed E-state index contributed by atoms with van der Waals surface area (Å²) in [5.41, 5.74) is 0.744. The van der Waals surface area contributed by atoms with Gasteiger partial charge in [0.05, 0.1) is 0 Å². The van der Waals surface area contributed by atoms with Crippen molar-refractivity contribution in [3.63, 3.8) is 0 Å². The highest BCUT2D eigenvalue weighted by Gasteiger charge is 2.26. The molecule has 2 aromatic rings. The van der Waals surface area contributed by atoms with Gasteiger partial charge >= 0.3 is 0 Å². The second-order valence-corrected chi connectivity index (χ2v) is 7.56. The largest absolute Gasteiger partial charge is 0.342 e. The molecule has 7 nitrogen and oxygen atoms in total. The van der Waals surface area contributed by atoms with E-state index in [2.05, 4.69) is 10.1 Å². The van der Waals surface area contributed by atoms with E-state index in [1.165, 1.54) is 0 Å². The molecule has 0 radical (unpaired) electrons. The average molecular weight is 335 g/mol. The smallest absolute Gasteiger partial charge is 0.242 e. The Morgan fingerprint density at radius 3 is 2.57 bits per heavy atom. The minimum Gasteiger partial charge on any atom is -0.342 e. The fraction of sp³-hybridized carbons (Fsp3) is 0.400. The first-order chi connectivity index (χ1) is 11.0. The molecule has 0 bridgehead atoms. The van der Waals surface area contributed by atoms with Crippen molar-refractivity contribution in [3.05, 3.63) is 36.2 Å². The fourth-order valence-corrected chi connectivity index (χ4v) is 3.66. The third kappa shape index (κ3) is 3.95. The van der Waals surface area contributed by atoms with Crippen molar-refractivity contribution in [2.45, 2.75) is 18.6 Å². The van der Waals surface area contributed by atoms with Gasteiger partial charge in [0, 0.05) is 18.7 Å². The van der Waals surface area contributed by atoms with Crippen molar-refractivity contribution in [1.82, 2.24) is 15.0 Å². The normalized spacial score (nSPS) is 15.0. The summed E-state index contributed by atoms with van der Waals surface area (Å²) in [4.78, 5) is 17.6. The molecule has 23 heavy (non-hydrogen) atoms. The molecule has 3 rings (SSSR count). The Kier molecular flexibility index (Phi) is 4.42. The molecule has 0 unspecified atom stereocenters. The van der Waals surface area contributed by atoms with Gasteiger partial charge in [-0.2, -0.15) is 4.98 Å². The van der Waals surface area contributed by atoms with Gasteiger partial charge in [0.15, 0.2) is 9.84 Å². The van der Waals surface area contributed by atoms with Crippen molar-refractivity contribution in [2.75, 3.05) is 18.8 Å². The summed E-state index contributed by atoms with van der Waals surface area (Å²) < 4.78 is 29.3. The molecule has 8 heteroatoms. The number of aromatic nitrogens is 2. The van der Waals surface area contributed by atoms with E-state index in [9.17, 15) is 13.2 Å². The Morgan fingerprint density at radius 1 is 1.17 bits per heavy atom. The van der Waals surface area contributed by atoms with Gasteiger partial charge in [0.25, 0.3) is 0 Å². The third-order valence-corrected chi connectivity index (χ3v) is 5.02. The van der Waals surface area contributed by atoms with E-state index < -0.39 is 21.3 Å². The number of benzene rings is 1. The molecule has 0 aliphatic carbocycles. The van der Waals surface area contributed by atoms with Crippen LogP contribution in [-0.2, 0) is 20.4 Å². The topological polar surface area (TPSA) is 93.4 Å². The second-order valence-electron chi connectivity index (χ2n) is 5.50. The molecule has 0 atom stereocenters. The first kappa shape index (κ1) is 15.7. The summed E-state index contributed by atoms with van der Waals surface area (Å²) >= 11 is 0. The Morgan fingerprint density at radius 2 is 1.87 bits per heavy atom. The van der Waals surface area contributed by atoms with Crippen LogP contribution in [-0.4, -0.2) is 48.2 Å². The van der Waals surface area contributed by atoms with Gasteiger partial charge in [-0.05, 0) is 12.8 Å². The summed E-state index contributed by atoms with van der Waals surface area (Å²) in [5, 5.41) is 3.78. The predicted molar refractivity (Wildman–Crippen MR) is 83.0 cm³/mol. The summed E-state index contributed by atoms with van der Waals surface area (Å²) in [5.74, 6) is -0.965. The van der Waals surface area contributed by atoms with E-state index >= 15 is 0 Å². The number of nitrogens with zero attached hydrogens (tertiary/aromatic N) is 3. The standard InChI is InChI=1S/C15H17N3O4S/c19-14(18-8-4-5-9-18)11-23(20,21)10-13-16-15(17-22-13)12-6-2-1-3-7-12/h1-3,6-7H,4-5,8-11H2. The van der Waals surface area contributed by atoms with Gasteiger partial charge in [0.2, 0.25) is 17.6 Å². The van der Waals surface area contributed by atoms with Crippen LogP contribution in [0.2, 0.25) is 0 Å². The lowest BCUT2D eigenvalue weighted by atomic mass is 10.2. The number of carbonyl (C=O) groups is 1. The number of sulfone groups is 1. The van der Waals surface area contributed by atoms with Crippen molar-refractivity contribution < 1.29 is 17.7 Å². The Hall–Kier alpha value is -2.22. The van der Waals surface area contributed by atoms with Crippen LogP contribution in [0.3, 0.4) is 0 Å². The lowest BCUT2D eigenvalue weighted by Gasteiger charge is -2.14. The number of hydrogen-bond acceptors (Lipinski definition) is 6. The van der Waals surface area contributed by atoms with Gasteiger partial charge < -0.3 is 9.42 Å². The zero-order valence-electron chi connectivity index (χ0n) is 12.5. The molecule has 122 valence electrons. The van der Waals surface area contributed by atoms with Crippen LogP contribution in [0, 0.1) is 0 Å². The highest BCUT2D eigenvalue weighted by Crippen LogP contribution is 2.16. The fourth-order valence-electron chi connectivity index (χ4n) is 2.50. The number of carbonyl (C=O) groups excluding carboxylic acids is 1. The maximum atomic E-state index is 12.1. The molecule has 1 aliphatic rings. The van der Waals surface area contributed by atoms with Gasteiger partial charge in [-0.15, -0.1) is 0 Å². The monoisotopic (exact) mass is 335 g/mol. The maximum Gasteiger partial charge on any atom is 0.242 e. The van der Waals surface area contributed by atoms with E-state index in [0.29, 0.717) is 18.9 Å². The van der Waals surface area contributed by atoms with Crippen LogP contribution in [0.1, 0.15) is 18.7 Å². The summed E-state index contributed by atoms with van der Waals surface area (Å²) in [6.07, 6.45) is 1.85. The van der Waals surface area contributed by atoms with Crippen molar-refractivity contribution in [3.8, 4) is 11.4 Å². The van der Waals surface area contributed by atoms with Gasteiger partial charge in [-0.1, -0.05) is 35.5 Å². The van der Waals surface area contributed by atoms with Crippen LogP contribution in [0.25, 0.3) is 11.4 Å². The van der Waals surface area contributed by atoms with Crippen LogP contribution < -0.4 is 0 Å². The SMILES string of the molecule is O=C(CS(=O)(=O)Cc1nc(-c2ccccc2)no1)N1CCCC1. The van der Waals surface area contributed by atoms with Crippen LogP contribution >= 0.6 is 0 Å². The summed E-state index contributed by atoms with van der Waals surface area (Å²) in [6.45, 7) is 1.26. The molecule has 1 amide bonds. The lowest BCUT2D eigenvalue weighted by molar-refractivity contribution is -0.127. The van der Waals surface area contributed by atoms with Crippen LogP contribution in [0.4, 0.5) is 0 Å². The van der Waals surface area contributed by atoms with E-state index in [1.807, 2.05) is 18.2 Å². The first-order valence-corrected chi connectivity index (χ1v) is 9.22. The Balaban J connectivity index is 1.66. The highest BCUT2D eigenvalue weighted by atomic mass is 32.2. The molecule has 0 saturated carbocycles. The molecule has 1 saturated heterocycles. The average Bonchev–Trinajstić information content (AvgIpc) is 3.18. The first-order valence-electron chi connectivity index (χ1n) is 7.40. The van der Waals surface area contributed by atoms with E-state index in [4.69, 9.17) is 4.52 Å². The molecule has 1 aromatic heterocycles. The quantitative estimate of drug-likeness (QED) is 0.817. The number of hydrogen-bond donors (Lipinski definition) is 0. The zero-order valence-corrected chi connectivity index (χ0v) is 13.3. The van der Waals surface area contributed by atoms with E-state index in [0.717, 1.165) is 18.4 Å². The van der Waals surface area contributed by atoms with Gasteiger partial charge in [0.1, 0.15) is 11.5 Å². The minimum absolute atomic E-state index is 0.00178. The zero-order chi connectivity index (χ0) is 16.3. The van der Waals surface area contributed by atoms with E-state index in [-0.39, 0.29) is 11.8 Å². The van der Waals surface area contributed by atoms with Crippen molar-refractivity contribution >= 4 is 15.7 Å². The molecular formula is C15H17N3O4S. The molecule has 0 N–H and O–H groups in total. The van der Waals surface area contributed by atoms with Gasteiger partial charge in [-0.3, -0.25) is 4.79 Å². The van der Waals surface area contributed by atoms with Crippen LogP contribution in [0.15, 0.2) is 34.9 Å². The number of rotatable bonds is 5. The molecule has 1 fully saturated rings. The van der Waals surface area contributed by atoms with Gasteiger partial charge in [-0.25, -0.2) is 8.42 Å². The van der Waals surface area contributed by atoms with Crippen molar-refractivity contribution in [1.29, 1.82) is 0 Å². The van der Waals surface area contributed by atoms with Crippen molar-refractivity contribution in [2.24, 2.45) is 0 Å². The lowest BCUT2D eigenvalue weighted by Crippen LogP contribution is -2.33.